The van der Waals surface area contributed by atoms with Crippen molar-refractivity contribution in [2.24, 2.45) is 0 Å². The molecule has 5 heteroatoms. The van der Waals surface area contributed by atoms with Gasteiger partial charge >= 0.3 is 0 Å². The Kier molecular flexibility index (Phi) is 4.01. The molecule has 1 aliphatic carbocycles. The zero-order valence-corrected chi connectivity index (χ0v) is 13.5. The molecule has 122 valence electrons. The molecule has 4 rings (SSSR count). The molecule has 1 aromatic heterocycles. The summed E-state index contributed by atoms with van der Waals surface area (Å²) in [6.45, 7) is 2.27. The lowest BCUT2D eigenvalue weighted by Crippen LogP contribution is -2.34. The summed E-state index contributed by atoms with van der Waals surface area (Å²) in [6.07, 6.45) is 4.78. The summed E-state index contributed by atoms with van der Waals surface area (Å²) < 4.78 is 0. The minimum atomic E-state index is -0.550. The van der Waals surface area contributed by atoms with Gasteiger partial charge in [-0.25, -0.2) is 9.97 Å². The van der Waals surface area contributed by atoms with Crippen molar-refractivity contribution in [2.75, 3.05) is 13.1 Å². The Labute approximate surface area is 141 Å². The van der Waals surface area contributed by atoms with Gasteiger partial charge in [-0.2, -0.15) is 5.26 Å². The first-order chi connectivity index (χ1) is 11.7. The van der Waals surface area contributed by atoms with Crippen molar-refractivity contribution in [1.82, 2.24) is 14.9 Å². The van der Waals surface area contributed by atoms with E-state index in [1.54, 1.807) is 12.1 Å². The van der Waals surface area contributed by atoms with Gasteiger partial charge in [0.2, 0.25) is 0 Å². The first-order valence-corrected chi connectivity index (χ1v) is 8.48. The molecular weight excluding hydrogens is 300 g/mol. The minimum Gasteiger partial charge on any atom is -0.387 e. The average Bonchev–Trinajstić information content (AvgIpc) is 3.46. The van der Waals surface area contributed by atoms with Crippen LogP contribution in [0.4, 0.5) is 0 Å². The third-order valence-corrected chi connectivity index (χ3v) is 4.83. The van der Waals surface area contributed by atoms with E-state index < -0.39 is 6.10 Å². The topological polar surface area (TPSA) is 73.0 Å². The van der Waals surface area contributed by atoms with Crippen LogP contribution in [0.2, 0.25) is 0 Å². The lowest BCUT2D eigenvalue weighted by atomic mass is 10.0. The zero-order chi connectivity index (χ0) is 16.5. The molecule has 0 amide bonds. The summed E-state index contributed by atoms with van der Waals surface area (Å²) in [5.74, 6) is 1.60. The van der Waals surface area contributed by atoms with Crippen LogP contribution in [0.5, 0.6) is 0 Å². The molecule has 2 heterocycles. The van der Waals surface area contributed by atoms with Crippen LogP contribution in [0, 0.1) is 11.3 Å². The van der Waals surface area contributed by atoms with Crippen LogP contribution in [0.1, 0.15) is 53.1 Å². The normalized spacial score (nSPS) is 18.7. The van der Waals surface area contributed by atoms with Gasteiger partial charge < -0.3 is 5.11 Å². The Morgan fingerprint density at radius 3 is 2.79 bits per heavy atom. The van der Waals surface area contributed by atoms with Gasteiger partial charge in [-0.3, -0.25) is 4.90 Å². The van der Waals surface area contributed by atoms with E-state index in [4.69, 9.17) is 10.2 Å². The second kappa shape index (κ2) is 6.31. The monoisotopic (exact) mass is 320 g/mol. The largest absolute Gasteiger partial charge is 0.387 e. The van der Waals surface area contributed by atoms with Crippen LogP contribution >= 0.6 is 0 Å². The van der Waals surface area contributed by atoms with E-state index in [-0.39, 0.29) is 0 Å². The number of benzene rings is 1. The molecule has 24 heavy (non-hydrogen) atoms. The number of aromatic nitrogens is 2. The molecule has 1 aromatic carbocycles. The smallest absolute Gasteiger partial charge is 0.131 e. The molecule has 0 radical (unpaired) electrons. The van der Waals surface area contributed by atoms with E-state index >= 15 is 0 Å². The van der Waals surface area contributed by atoms with Crippen molar-refractivity contribution in [2.45, 2.75) is 37.8 Å². The van der Waals surface area contributed by atoms with Crippen molar-refractivity contribution in [3.05, 3.63) is 58.7 Å². The van der Waals surface area contributed by atoms with Crippen molar-refractivity contribution in [1.29, 1.82) is 5.26 Å². The second-order valence-corrected chi connectivity index (χ2v) is 6.71. The number of hydrogen-bond acceptors (Lipinski definition) is 5. The van der Waals surface area contributed by atoms with Crippen molar-refractivity contribution < 1.29 is 5.11 Å². The number of aliphatic hydroxyl groups is 1. The summed E-state index contributed by atoms with van der Waals surface area (Å²) in [5, 5.41) is 19.3. The van der Waals surface area contributed by atoms with Gasteiger partial charge in [0.05, 0.1) is 17.7 Å². The van der Waals surface area contributed by atoms with Gasteiger partial charge in [-0.15, -0.1) is 0 Å². The molecular formula is C19H20N4O. The van der Waals surface area contributed by atoms with Crippen LogP contribution in [-0.4, -0.2) is 33.1 Å². The van der Waals surface area contributed by atoms with Crippen molar-refractivity contribution in [3.8, 4) is 6.07 Å². The second-order valence-electron chi connectivity index (χ2n) is 6.71. The van der Waals surface area contributed by atoms with E-state index in [1.165, 1.54) is 24.1 Å². The molecule has 1 saturated carbocycles. The van der Waals surface area contributed by atoms with Gasteiger partial charge in [0, 0.05) is 49.4 Å². The van der Waals surface area contributed by atoms with Crippen LogP contribution in [0.25, 0.3) is 0 Å². The van der Waals surface area contributed by atoms with Gasteiger partial charge in [0.1, 0.15) is 5.82 Å². The fraction of sp³-hybridized carbons (Fsp3) is 0.421. The van der Waals surface area contributed by atoms with E-state index in [1.807, 2.05) is 18.3 Å². The maximum absolute atomic E-state index is 10.5. The van der Waals surface area contributed by atoms with Crippen LogP contribution in [0.15, 0.2) is 30.5 Å². The van der Waals surface area contributed by atoms with E-state index in [0.717, 1.165) is 30.9 Å². The fourth-order valence-electron chi connectivity index (χ4n) is 3.21. The molecule has 0 spiro atoms. The van der Waals surface area contributed by atoms with E-state index in [2.05, 4.69) is 16.0 Å². The predicted octanol–water partition coefficient (Wildman–Crippen LogP) is 2.32. The Hall–Kier alpha value is -2.29. The zero-order valence-electron chi connectivity index (χ0n) is 13.5. The maximum Gasteiger partial charge on any atom is 0.131 e. The molecule has 1 fully saturated rings. The number of nitrogens with zero attached hydrogens (tertiary/aromatic N) is 4. The molecule has 2 aromatic rings. The van der Waals surface area contributed by atoms with Crippen LogP contribution in [-0.2, 0) is 13.0 Å². The lowest BCUT2D eigenvalue weighted by molar-refractivity contribution is 0.105. The molecule has 0 saturated heterocycles. The van der Waals surface area contributed by atoms with Gasteiger partial charge in [-0.1, -0.05) is 12.1 Å². The third-order valence-electron chi connectivity index (χ3n) is 4.83. The molecule has 5 nitrogen and oxygen atoms in total. The van der Waals surface area contributed by atoms with Gasteiger partial charge in [-0.05, 0) is 30.5 Å². The Morgan fingerprint density at radius 1 is 1.29 bits per heavy atom. The SMILES string of the molecule is N#Cc1ccc(C(O)CN2CCc3nc(C4CC4)ncc3C2)cc1. The highest BCUT2D eigenvalue weighted by Gasteiger charge is 2.28. The number of β-amino-alcohol motifs (C(OH)–C–C–N with tert-alkyl or cyclic N) is 1. The number of aliphatic hydroxyl groups excluding tert-OH is 1. The first kappa shape index (κ1) is 15.3. The number of nitriles is 1. The summed E-state index contributed by atoms with van der Waals surface area (Å²) in [4.78, 5) is 11.5. The van der Waals surface area contributed by atoms with E-state index in [0.29, 0.717) is 18.0 Å². The van der Waals surface area contributed by atoms with E-state index in [9.17, 15) is 5.11 Å². The highest BCUT2D eigenvalue weighted by molar-refractivity contribution is 5.32. The number of fused-ring (bicyclic) bond motifs is 1. The van der Waals surface area contributed by atoms with Crippen molar-refractivity contribution >= 4 is 0 Å². The standard InChI is InChI=1S/C19H20N4O/c20-9-13-1-3-14(4-2-13)18(24)12-23-8-7-17-16(11-23)10-21-19(22-17)15-5-6-15/h1-4,10,15,18,24H,5-8,11-12H2. The number of rotatable bonds is 4. The third kappa shape index (κ3) is 3.16. The molecule has 0 bridgehead atoms. The first-order valence-electron chi connectivity index (χ1n) is 8.48. The quantitative estimate of drug-likeness (QED) is 0.936. The fourth-order valence-corrected chi connectivity index (χ4v) is 3.21. The minimum absolute atomic E-state index is 0.550. The summed E-state index contributed by atoms with van der Waals surface area (Å²) in [5.41, 5.74) is 3.82. The van der Waals surface area contributed by atoms with Crippen molar-refractivity contribution in [3.63, 3.8) is 0 Å². The number of hydrogen-bond donors (Lipinski definition) is 1. The molecule has 1 N–H and O–H groups in total. The predicted molar refractivity (Wildman–Crippen MR) is 89.1 cm³/mol. The molecule has 1 aliphatic heterocycles. The Balaban J connectivity index is 1.41. The molecule has 1 unspecified atom stereocenters. The summed E-state index contributed by atoms with van der Waals surface area (Å²) >= 11 is 0. The van der Waals surface area contributed by atoms with Crippen LogP contribution < -0.4 is 0 Å². The summed E-state index contributed by atoms with van der Waals surface area (Å²) in [6, 6.07) is 9.24. The Morgan fingerprint density at radius 2 is 2.08 bits per heavy atom. The highest BCUT2D eigenvalue weighted by atomic mass is 16.3. The van der Waals surface area contributed by atoms with Gasteiger partial charge in [0.25, 0.3) is 0 Å². The molecule has 2 aliphatic rings. The lowest BCUT2D eigenvalue weighted by Gasteiger charge is -2.29. The highest BCUT2D eigenvalue weighted by Crippen LogP contribution is 2.38. The average molecular weight is 320 g/mol. The summed E-state index contributed by atoms with van der Waals surface area (Å²) in [7, 11) is 0. The van der Waals surface area contributed by atoms with Crippen LogP contribution in [0.3, 0.4) is 0 Å². The maximum atomic E-state index is 10.5. The molecule has 1 atom stereocenters. The van der Waals surface area contributed by atoms with Gasteiger partial charge in [0.15, 0.2) is 0 Å². The Bertz CT molecular complexity index is 777.